The number of aryl methyl sites for hydroxylation is 2. The average Bonchev–Trinajstić information content (AvgIpc) is 3.44. The van der Waals surface area contributed by atoms with Crippen LogP contribution in [-0.2, 0) is 24.1 Å². The van der Waals surface area contributed by atoms with Gasteiger partial charge >= 0.3 is 5.69 Å². The lowest BCUT2D eigenvalue weighted by atomic mass is 9.61. The molecule has 0 amide bonds. The van der Waals surface area contributed by atoms with Gasteiger partial charge in [0.25, 0.3) is 0 Å². The van der Waals surface area contributed by atoms with Crippen molar-refractivity contribution in [2.24, 2.45) is 19.5 Å². The maximum atomic E-state index is 12.8. The molecule has 1 aliphatic heterocycles. The first kappa shape index (κ1) is 20.8. The summed E-state index contributed by atoms with van der Waals surface area (Å²) in [5.74, 6) is 0.527. The zero-order chi connectivity index (χ0) is 23.0. The van der Waals surface area contributed by atoms with Crippen molar-refractivity contribution in [3.63, 3.8) is 0 Å². The Kier molecular flexibility index (Phi) is 4.51. The fraction of sp³-hybridized carbons (Fsp3) is 0.619. The molecule has 6 rings (SSSR count). The molecule has 4 heterocycles. The quantitative estimate of drug-likeness (QED) is 0.593. The number of anilines is 1. The summed E-state index contributed by atoms with van der Waals surface area (Å²) in [6.45, 7) is 1.06. The Bertz CT molecular complexity index is 1380. The zero-order valence-corrected chi connectivity index (χ0v) is 19.6. The van der Waals surface area contributed by atoms with Crippen molar-refractivity contribution in [1.29, 1.82) is 0 Å². The molecule has 1 N–H and O–H groups in total. The molecule has 176 valence electrons. The van der Waals surface area contributed by atoms with Crippen molar-refractivity contribution >= 4 is 27.1 Å². The van der Waals surface area contributed by atoms with Crippen molar-refractivity contribution < 1.29 is 8.42 Å². The van der Waals surface area contributed by atoms with Gasteiger partial charge in [0.05, 0.1) is 12.4 Å². The topological polar surface area (TPSA) is 120 Å². The highest BCUT2D eigenvalue weighted by molar-refractivity contribution is 7.89. The summed E-state index contributed by atoms with van der Waals surface area (Å²) in [6, 6.07) is 0.403. The second-order valence-electron chi connectivity index (χ2n) is 9.92. The van der Waals surface area contributed by atoms with Crippen molar-refractivity contribution in [2.75, 3.05) is 18.4 Å². The van der Waals surface area contributed by atoms with Gasteiger partial charge in [-0.15, -0.1) is 0 Å². The zero-order valence-electron chi connectivity index (χ0n) is 18.8. The summed E-state index contributed by atoms with van der Waals surface area (Å²) in [5.41, 5.74) is 1.43. The van der Waals surface area contributed by atoms with Gasteiger partial charge in [0.2, 0.25) is 16.0 Å². The maximum absolute atomic E-state index is 12.8. The predicted octanol–water partition coefficient (Wildman–Crippen LogP) is 1.24. The molecule has 0 aromatic carbocycles. The summed E-state index contributed by atoms with van der Waals surface area (Å²) < 4.78 is 32.0. The van der Waals surface area contributed by atoms with Crippen LogP contribution in [0, 0.1) is 5.41 Å². The van der Waals surface area contributed by atoms with Crippen LogP contribution in [0.1, 0.15) is 44.6 Å². The van der Waals surface area contributed by atoms with E-state index in [1.165, 1.54) is 21.4 Å². The van der Waals surface area contributed by atoms with Gasteiger partial charge < -0.3 is 5.32 Å². The molecule has 33 heavy (non-hydrogen) atoms. The maximum Gasteiger partial charge on any atom is 0.330 e. The Labute approximate surface area is 191 Å². The van der Waals surface area contributed by atoms with E-state index in [-0.39, 0.29) is 28.1 Å². The van der Waals surface area contributed by atoms with E-state index in [2.05, 4.69) is 15.4 Å². The van der Waals surface area contributed by atoms with Crippen LogP contribution in [0.15, 0.2) is 28.3 Å². The van der Waals surface area contributed by atoms with Gasteiger partial charge in [-0.2, -0.15) is 14.4 Å². The van der Waals surface area contributed by atoms with Gasteiger partial charge in [0.15, 0.2) is 5.65 Å². The van der Waals surface area contributed by atoms with Crippen LogP contribution in [0.25, 0.3) is 11.2 Å². The molecule has 3 fully saturated rings. The predicted molar refractivity (Wildman–Crippen MR) is 121 cm³/mol. The van der Waals surface area contributed by atoms with Gasteiger partial charge in [-0.25, -0.2) is 18.2 Å². The van der Waals surface area contributed by atoms with Crippen LogP contribution >= 0.6 is 0 Å². The first-order valence-electron chi connectivity index (χ1n) is 11.5. The standard InChI is InChI=1S/C21H28N8O3S/c1-26-11-16(9-23-26)33(31,32)28-12-21(13-28)7-14(8-21)24-19-22-10-17-18(25-19)29(20(30)27(17)2)15-5-3-4-6-15/h9-11,14-15H,3-8,12-13H2,1-2H3,(H,22,24,25). The lowest BCUT2D eigenvalue weighted by molar-refractivity contribution is -0.0175. The second kappa shape index (κ2) is 7.13. The fourth-order valence-electron chi connectivity index (χ4n) is 5.78. The summed E-state index contributed by atoms with van der Waals surface area (Å²) in [5, 5.41) is 7.38. The number of aromatic nitrogens is 6. The van der Waals surface area contributed by atoms with Crippen LogP contribution in [0.3, 0.4) is 0 Å². The SMILES string of the molecule is Cn1cc(S(=O)(=O)N2CC3(CC(Nc4ncc5c(n4)n(C4CCCC4)c(=O)n5C)C3)C2)cn1. The number of hydrogen-bond acceptors (Lipinski definition) is 7. The van der Waals surface area contributed by atoms with Crippen LogP contribution in [0.2, 0.25) is 0 Å². The Balaban J connectivity index is 1.14. The molecule has 3 aromatic heterocycles. The molecule has 11 nitrogen and oxygen atoms in total. The molecule has 2 saturated carbocycles. The summed E-state index contributed by atoms with van der Waals surface area (Å²) in [7, 11) is 0.00325. The minimum Gasteiger partial charge on any atom is -0.351 e. The number of imidazole rings is 1. The first-order chi connectivity index (χ1) is 15.8. The van der Waals surface area contributed by atoms with Crippen LogP contribution < -0.4 is 11.0 Å². The lowest BCUT2D eigenvalue weighted by Crippen LogP contribution is -2.66. The largest absolute Gasteiger partial charge is 0.351 e. The highest BCUT2D eigenvalue weighted by Crippen LogP contribution is 2.50. The normalized spacial score (nSPS) is 21.5. The van der Waals surface area contributed by atoms with E-state index in [0.717, 1.165) is 44.0 Å². The molecule has 3 aliphatic rings. The smallest absolute Gasteiger partial charge is 0.330 e. The van der Waals surface area contributed by atoms with E-state index in [4.69, 9.17) is 4.98 Å². The lowest BCUT2D eigenvalue weighted by Gasteiger charge is -2.58. The Morgan fingerprint density at radius 2 is 1.85 bits per heavy atom. The van der Waals surface area contributed by atoms with E-state index in [0.29, 0.717) is 24.7 Å². The molecule has 0 unspecified atom stereocenters. The van der Waals surface area contributed by atoms with Gasteiger partial charge in [0, 0.05) is 50.9 Å². The molecular formula is C21H28N8O3S. The number of nitrogens with one attached hydrogen (secondary N) is 1. The van der Waals surface area contributed by atoms with Crippen molar-refractivity contribution in [1.82, 2.24) is 33.2 Å². The Hall–Kier alpha value is -2.73. The minimum atomic E-state index is -3.47. The third kappa shape index (κ3) is 3.22. The second-order valence-corrected chi connectivity index (χ2v) is 11.9. The molecule has 12 heteroatoms. The number of rotatable bonds is 5. The first-order valence-corrected chi connectivity index (χ1v) is 12.9. The van der Waals surface area contributed by atoms with E-state index < -0.39 is 10.0 Å². The van der Waals surface area contributed by atoms with Crippen molar-refractivity contribution in [3.05, 3.63) is 29.1 Å². The third-order valence-corrected chi connectivity index (χ3v) is 9.30. The van der Waals surface area contributed by atoms with Gasteiger partial charge in [-0.3, -0.25) is 13.8 Å². The van der Waals surface area contributed by atoms with Gasteiger partial charge in [0.1, 0.15) is 10.4 Å². The Morgan fingerprint density at radius 3 is 2.52 bits per heavy atom. The summed E-state index contributed by atoms with van der Waals surface area (Å²) >= 11 is 0. The monoisotopic (exact) mass is 472 g/mol. The summed E-state index contributed by atoms with van der Waals surface area (Å²) in [6.07, 6.45) is 10.7. The number of fused-ring (bicyclic) bond motifs is 1. The minimum absolute atomic E-state index is 0.0236. The van der Waals surface area contributed by atoms with Crippen molar-refractivity contribution in [2.45, 2.75) is 55.5 Å². The molecule has 0 radical (unpaired) electrons. The fourth-order valence-corrected chi connectivity index (χ4v) is 7.43. The van der Waals surface area contributed by atoms with Crippen LogP contribution in [-0.4, -0.2) is 60.7 Å². The molecule has 0 bridgehead atoms. The van der Waals surface area contributed by atoms with E-state index in [9.17, 15) is 13.2 Å². The highest BCUT2D eigenvalue weighted by atomic mass is 32.2. The number of sulfonamides is 1. The molecule has 1 spiro atoms. The number of nitrogens with zero attached hydrogens (tertiary/aromatic N) is 7. The Morgan fingerprint density at radius 1 is 1.12 bits per heavy atom. The van der Waals surface area contributed by atoms with E-state index in [1.807, 2.05) is 4.57 Å². The molecule has 3 aromatic rings. The van der Waals surface area contributed by atoms with E-state index >= 15 is 0 Å². The summed E-state index contributed by atoms with van der Waals surface area (Å²) in [4.78, 5) is 22.2. The molecule has 1 saturated heterocycles. The van der Waals surface area contributed by atoms with Gasteiger partial charge in [-0.1, -0.05) is 12.8 Å². The number of hydrogen-bond donors (Lipinski definition) is 1. The van der Waals surface area contributed by atoms with Crippen molar-refractivity contribution in [3.8, 4) is 0 Å². The van der Waals surface area contributed by atoms with Crippen LogP contribution in [0.4, 0.5) is 5.95 Å². The average molecular weight is 473 g/mol. The van der Waals surface area contributed by atoms with Crippen LogP contribution in [0.5, 0.6) is 0 Å². The van der Waals surface area contributed by atoms with E-state index in [1.54, 1.807) is 24.9 Å². The molecular weight excluding hydrogens is 444 g/mol. The van der Waals surface area contributed by atoms with Gasteiger partial charge in [-0.05, 0) is 25.7 Å². The molecule has 0 atom stereocenters. The third-order valence-electron chi connectivity index (χ3n) is 7.56. The highest BCUT2D eigenvalue weighted by Gasteiger charge is 2.56. The molecule has 2 aliphatic carbocycles.